The molecule has 0 aromatic carbocycles. The molecule has 0 saturated carbocycles. The summed E-state index contributed by atoms with van der Waals surface area (Å²) in [5, 5.41) is 6.02. The lowest BCUT2D eigenvalue weighted by atomic mass is 10.3. The van der Waals surface area contributed by atoms with Crippen molar-refractivity contribution in [2.24, 2.45) is 0 Å². The first-order chi connectivity index (χ1) is 7.81. The fraction of sp³-hybridized carbons (Fsp3) is 0.250. The van der Waals surface area contributed by atoms with Gasteiger partial charge in [-0.3, -0.25) is 10.4 Å². The molecule has 0 saturated heterocycles. The van der Waals surface area contributed by atoms with E-state index < -0.39 is 10.2 Å². The van der Waals surface area contributed by atoms with E-state index in [4.69, 9.17) is 30.2 Å². The van der Waals surface area contributed by atoms with Crippen LogP contribution in [0, 0.1) is 10.2 Å². The molecule has 17 heavy (non-hydrogen) atoms. The summed E-state index contributed by atoms with van der Waals surface area (Å²) in [7, 11) is -4.69. The van der Waals surface area contributed by atoms with E-state index in [0.29, 0.717) is 5.16 Å². The van der Waals surface area contributed by atoms with Crippen LogP contribution >= 0.6 is 23.4 Å². The Morgan fingerprint density at radius 3 is 2.59 bits per heavy atom. The quantitative estimate of drug-likeness (QED) is 0.574. The number of allylic oxidation sites excluding steroid dienone is 3. The van der Waals surface area contributed by atoms with Gasteiger partial charge in [-0.05, 0) is 24.0 Å². The van der Waals surface area contributed by atoms with Gasteiger partial charge in [0.2, 0.25) is 0 Å². The van der Waals surface area contributed by atoms with Crippen molar-refractivity contribution in [3.05, 3.63) is 33.4 Å². The molecule has 0 bridgehead atoms. The standard InChI is InChI=1S/C8H9ClN2S.ClHO4/c1-2-6-5-12-8-4-3-7(9)10-11(6)8;2-1(3,4)5/h3-5,10H,2H2,1H3;(H,2,3,4,5). The average Bonchev–Trinajstić information content (AvgIpc) is 2.57. The van der Waals surface area contributed by atoms with Gasteiger partial charge < -0.3 is 0 Å². The average molecular weight is 301 g/mol. The first kappa shape index (κ1) is 14.7. The van der Waals surface area contributed by atoms with E-state index in [1.807, 2.05) is 17.2 Å². The molecule has 2 N–H and O–H groups in total. The molecule has 6 nitrogen and oxygen atoms in total. The van der Waals surface area contributed by atoms with Crippen molar-refractivity contribution in [1.82, 2.24) is 10.4 Å². The summed E-state index contributed by atoms with van der Waals surface area (Å²) in [6.45, 7) is 2.13. The highest BCUT2D eigenvalue weighted by Crippen LogP contribution is 2.36. The van der Waals surface area contributed by atoms with Crippen LogP contribution in [0.25, 0.3) is 0 Å². The number of nitrogens with zero attached hydrogens (tertiary/aromatic N) is 1. The number of hydrazine groups is 1. The molecule has 0 radical (unpaired) electrons. The molecule has 96 valence electrons. The summed E-state index contributed by atoms with van der Waals surface area (Å²) >= 11 is 7.55. The van der Waals surface area contributed by atoms with Gasteiger partial charge in [-0.1, -0.05) is 30.3 Å². The van der Waals surface area contributed by atoms with E-state index in [9.17, 15) is 0 Å². The molecule has 0 amide bonds. The number of fused-ring (bicyclic) bond motifs is 1. The zero-order valence-corrected chi connectivity index (χ0v) is 11.1. The summed E-state index contributed by atoms with van der Waals surface area (Å²) < 4.78 is 32.7. The van der Waals surface area contributed by atoms with Gasteiger partial charge in [-0.2, -0.15) is 14.0 Å². The third-order valence-corrected chi connectivity index (χ3v) is 2.94. The molecule has 0 aromatic rings. The summed E-state index contributed by atoms with van der Waals surface area (Å²) in [6.07, 6.45) is 4.90. The van der Waals surface area contributed by atoms with Gasteiger partial charge in [-0.15, -0.1) is 0 Å². The Morgan fingerprint density at radius 1 is 1.47 bits per heavy atom. The monoisotopic (exact) mass is 300 g/mol. The Balaban J connectivity index is 0.000000249. The van der Waals surface area contributed by atoms with Gasteiger partial charge in [0.05, 0.1) is 14.9 Å². The van der Waals surface area contributed by atoms with E-state index >= 15 is 0 Å². The van der Waals surface area contributed by atoms with Gasteiger partial charge >= 0.3 is 0 Å². The van der Waals surface area contributed by atoms with Crippen LogP contribution < -0.4 is 19.4 Å². The highest BCUT2D eigenvalue weighted by atomic mass is 35.7. The van der Waals surface area contributed by atoms with E-state index in [1.165, 1.54) is 10.7 Å². The minimum atomic E-state index is -4.69. The minimum absolute atomic E-state index is 0.667. The number of halogens is 2. The maximum Gasteiger partial charge on any atom is 0.121 e. The fourth-order valence-electron chi connectivity index (χ4n) is 1.15. The third-order valence-electron chi connectivity index (χ3n) is 1.78. The molecule has 0 spiro atoms. The molecule has 0 aromatic heterocycles. The second-order valence-electron chi connectivity index (χ2n) is 2.94. The Kier molecular flexibility index (Phi) is 5.14. The van der Waals surface area contributed by atoms with E-state index in [0.717, 1.165) is 6.42 Å². The molecule has 2 aliphatic heterocycles. The topological polar surface area (TPSA) is 105 Å². The first-order valence-electron chi connectivity index (χ1n) is 4.44. The van der Waals surface area contributed by atoms with Gasteiger partial charge in [0, 0.05) is 5.70 Å². The Hall–Kier alpha value is -0.410. The first-order valence-corrected chi connectivity index (χ1v) is 6.96. The summed E-state index contributed by atoms with van der Waals surface area (Å²) in [6, 6.07) is 0. The molecule has 0 fully saturated rings. The zero-order chi connectivity index (χ0) is 13.1. The minimum Gasteiger partial charge on any atom is -0.283 e. The van der Waals surface area contributed by atoms with Crippen LogP contribution in [-0.2, 0) is 0 Å². The molecule has 2 rings (SSSR count). The molecule has 0 aliphatic carbocycles. The van der Waals surface area contributed by atoms with E-state index in [-0.39, 0.29) is 0 Å². The Morgan fingerprint density at radius 2 is 2.06 bits per heavy atom. The highest BCUT2D eigenvalue weighted by molar-refractivity contribution is 8.06. The fourth-order valence-corrected chi connectivity index (χ4v) is 2.24. The third kappa shape index (κ3) is 5.17. The van der Waals surface area contributed by atoms with Crippen molar-refractivity contribution in [2.75, 3.05) is 0 Å². The maximum absolute atomic E-state index is 8.60. The van der Waals surface area contributed by atoms with Crippen LogP contribution in [-0.4, -0.2) is 9.67 Å². The second kappa shape index (κ2) is 5.96. The van der Waals surface area contributed by atoms with Crippen molar-refractivity contribution < 1.29 is 28.9 Å². The summed E-state index contributed by atoms with van der Waals surface area (Å²) in [5.74, 6) is 0. The van der Waals surface area contributed by atoms with Crippen LogP contribution in [0.4, 0.5) is 0 Å². The highest BCUT2D eigenvalue weighted by Gasteiger charge is 2.21. The molecule has 0 unspecified atom stereocenters. The Bertz CT molecular complexity index is 372. The second-order valence-corrected chi connectivity index (χ2v) is 5.03. The zero-order valence-electron chi connectivity index (χ0n) is 8.72. The lowest BCUT2D eigenvalue weighted by Gasteiger charge is -2.26. The largest absolute Gasteiger partial charge is 0.283 e. The van der Waals surface area contributed by atoms with E-state index in [2.05, 4.69) is 17.8 Å². The number of rotatable bonds is 1. The summed E-state index contributed by atoms with van der Waals surface area (Å²) in [5.41, 5.74) is 4.34. The van der Waals surface area contributed by atoms with Crippen LogP contribution in [0.5, 0.6) is 0 Å². The van der Waals surface area contributed by atoms with Gasteiger partial charge in [0.25, 0.3) is 0 Å². The van der Waals surface area contributed by atoms with E-state index in [1.54, 1.807) is 11.8 Å². The molecular weight excluding hydrogens is 291 g/mol. The number of nitrogens with one attached hydrogen (secondary N) is 1. The van der Waals surface area contributed by atoms with Crippen LogP contribution in [0.2, 0.25) is 0 Å². The van der Waals surface area contributed by atoms with Crippen molar-refractivity contribution in [2.45, 2.75) is 13.3 Å². The Labute approximate surface area is 110 Å². The van der Waals surface area contributed by atoms with Crippen molar-refractivity contribution >= 4 is 23.4 Å². The number of hydrogen-bond acceptors (Lipinski definition) is 7. The molecular formula is C8H10Cl2N2O4S. The van der Waals surface area contributed by atoms with Crippen molar-refractivity contribution in [3.63, 3.8) is 0 Å². The predicted molar refractivity (Wildman–Crippen MR) is 55.2 cm³/mol. The van der Waals surface area contributed by atoms with Crippen LogP contribution in [0.1, 0.15) is 13.3 Å². The molecule has 9 heteroatoms. The van der Waals surface area contributed by atoms with Gasteiger partial charge in [0.1, 0.15) is 10.2 Å². The predicted octanol–water partition coefficient (Wildman–Crippen LogP) is -1.40. The molecule has 0 atom stereocenters. The van der Waals surface area contributed by atoms with Crippen LogP contribution in [0.3, 0.4) is 0 Å². The number of hydrogen-bond donors (Lipinski definition) is 2. The summed E-state index contributed by atoms with van der Waals surface area (Å²) in [4.78, 5) is 0. The SMILES string of the molecule is CCC1=CSC2=CC=C(Cl)NN12.[O-][Cl+3]([O-])([O-])O. The maximum atomic E-state index is 8.60. The van der Waals surface area contributed by atoms with Gasteiger partial charge in [-0.25, -0.2) is 0 Å². The normalized spacial score (nSPS) is 18.2. The smallest absolute Gasteiger partial charge is 0.121 e. The lowest BCUT2D eigenvalue weighted by molar-refractivity contribution is -1.92. The lowest BCUT2D eigenvalue weighted by Crippen LogP contribution is -2.58. The van der Waals surface area contributed by atoms with Crippen LogP contribution in [0.15, 0.2) is 33.4 Å². The molecule has 2 aliphatic rings. The number of thioether (sulfide) groups is 1. The van der Waals surface area contributed by atoms with Gasteiger partial charge in [0.15, 0.2) is 0 Å². The molecule has 2 heterocycles. The van der Waals surface area contributed by atoms with Crippen molar-refractivity contribution in [1.29, 1.82) is 0 Å². The van der Waals surface area contributed by atoms with Crippen molar-refractivity contribution in [3.8, 4) is 0 Å².